The Morgan fingerprint density at radius 1 is 1.58 bits per heavy atom. The summed E-state index contributed by atoms with van der Waals surface area (Å²) in [6, 6.07) is 1.98. The number of nitrogens with zero attached hydrogens (tertiary/aromatic N) is 3. The summed E-state index contributed by atoms with van der Waals surface area (Å²) in [5.74, 6) is 2.49. The molecule has 1 aliphatic heterocycles. The number of aryl methyl sites for hydroxylation is 1. The molecule has 3 heterocycles. The van der Waals surface area contributed by atoms with E-state index in [1.165, 1.54) is 0 Å². The molecule has 60 valence electrons. The Bertz CT molecular complexity index is 441. The van der Waals surface area contributed by atoms with Gasteiger partial charge in [-0.1, -0.05) is 0 Å². The van der Waals surface area contributed by atoms with E-state index >= 15 is 0 Å². The molecular weight excluding hydrogens is 154 g/mol. The van der Waals surface area contributed by atoms with Crippen molar-refractivity contribution in [3.63, 3.8) is 0 Å². The van der Waals surface area contributed by atoms with Crippen LogP contribution in [0.1, 0.15) is 17.3 Å². The zero-order valence-electron chi connectivity index (χ0n) is 6.61. The molecule has 0 aromatic carbocycles. The molecule has 2 aromatic heterocycles. The molecule has 3 rings (SSSR count). The standard InChI is InChI=1S/C8H7N3O/c1-5-10-8-7(12-5)4-6-2-3-9-11(6)8/h2-3H,4H2,1H3. The van der Waals surface area contributed by atoms with Crippen molar-refractivity contribution in [2.45, 2.75) is 13.3 Å². The van der Waals surface area contributed by atoms with Gasteiger partial charge < -0.3 is 4.42 Å². The molecule has 12 heavy (non-hydrogen) atoms. The van der Waals surface area contributed by atoms with Gasteiger partial charge in [0.15, 0.2) is 17.5 Å². The minimum atomic E-state index is 0.709. The molecule has 0 saturated carbocycles. The maximum Gasteiger partial charge on any atom is 0.196 e. The van der Waals surface area contributed by atoms with Crippen LogP contribution in [0.15, 0.2) is 16.7 Å². The van der Waals surface area contributed by atoms with Gasteiger partial charge in [-0.3, -0.25) is 0 Å². The fourth-order valence-corrected chi connectivity index (χ4v) is 1.56. The summed E-state index contributed by atoms with van der Waals surface area (Å²) in [5, 5.41) is 4.15. The number of oxazole rings is 1. The third kappa shape index (κ3) is 0.574. The van der Waals surface area contributed by atoms with Crippen LogP contribution in [0.3, 0.4) is 0 Å². The average Bonchev–Trinajstić information content (AvgIpc) is 2.59. The van der Waals surface area contributed by atoms with E-state index in [1.54, 1.807) is 6.20 Å². The van der Waals surface area contributed by atoms with Gasteiger partial charge in [0.25, 0.3) is 0 Å². The zero-order chi connectivity index (χ0) is 8.13. The van der Waals surface area contributed by atoms with E-state index in [0.717, 1.165) is 23.7 Å². The van der Waals surface area contributed by atoms with Crippen molar-refractivity contribution in [2.75, 3.05) is 0 Å². The van der Waals surface area contributed by atoms with Gasteiger partial charge in [0.2, 0.25) is 0 Å². The lowest BCUT2D eigenvalue weighted by Gasteiger charge is -1.90. The molecule has 0 bridgehead atoms. The second-order valence-corrected chi connectivity index (χ2v) is 2.89. The van der Waals surface area contributed by atoms with Crippen LogP contribution in [0.2, 0.25) is 0 Å². The number of hydrogen-bond acceptors (Lipinski definition) is 3. The highest BCUT2D eigenvalue weighted by Crippen LogP contribution is 2.26. The first kappa shape index (κ1) is 5.99. The van der Waals surface area contributed by atoms with E-state index < -0.39 is 0 Å². The van der Waals surface area contributed by atoms with Crippen molar-refractivity contribution in [3.05, 3.63) is 29.6 Å². The van der Waals surface area contributed by atoms with Crippen LogP contribution in [-0.4, -0.2) is 14.8 Å². The van der Waals surface area contributed by atoms with E-state index in [0.29, 0.717) is 5.89 Å². The summed E-state index contributed by atoms with van der Waals surface area (Å²) < 4.78 is 7.22. The lowest BCUT2D eigenvalue weighted by atomic mass is 10.3. The van der Waals surface area contributed by atoms with Gasteiger partial charge in [0.1, 0.15) is 0 Å². The normalized spacial score (nSPS) is 13.1. The summed E-state index contributed by atoms with van der Waals surface area (Å²) in [5.41, 5.74) is 1.15. The fourth-order valence-electron chi connectivity index (χ4n) is 1.56. The first-order valence-corrected chi connectivity index (χ1v) is 3.84. The first-order valence-electron chi connectivity index (χ1n) is 3.84. The van der Waals surface area contributed by atoms with E-state index in [1.807, 2.05) is 17.7 Å². The molecule has 4 nitrogen and oxygen atoms in total. The molecule has 0 fully saturated rings. The van der Waals surface area contributed by atoms with Gasteiger partial charge in [0, 0.05) is 13.1 Å². The minimum Gasteiger partial charge on any atom is -0.443 e. The molecule has 4 heteroatoms. The zero-order valence-corrected chi connectivity index (χ0v) is 6.61. The monoisotopic (exact) mass is 161 g/mol. The number of rotatable bonds is 0. The molecule has 0 unspecified atom stereocenters. The second kappa shape index (κ2) is 1.77. The van der Waals surface area contributed by atoms with Gasteiger partial charge in [0.05, 0.1) is 12.1 Å². The van der Waals surface area contributed by atoms with E-state index in [-0.39, 0.29) is 0 Å². The Balaban J connectivity index is 2.32. The van der Waals surface area contributed by atoms with Crippen molar-refractivity contribution in [1.29, 1.82) is 0 Å². The van der Waals surface area contributed by atoms with Gasteiger partial charge in [-0.25, -0.2) is 4.68 Å². The average molecular weight is 161 g/mol. The highest BCUT2D eigenvalue weighted by molar-refractivity contribution is 5.38. The SMILES string of the molecule is Cc1nc2c(o1)Cc1ccnn1-2. The smallest absolute Gasteiger partial charge is 0.196 e. The molecule has 0 spiro atoms. The highest BCUT2D eigenvalue weighted by Gasteiger charge is 2.23. The number of aromatic nitrogens is 3. The maximum absolute atomic E-state index is 5.39. The summed E-state index contributed by atoms with van der Waals surface area (Å²) in [4.78, 5) is 4.24. The third-order valence-electron chi connectivity index (χ3n) is 2.05. The highest BCUT2D eigenvalue weighted by atomic mass is 16.4. The van der Waals surface area contributed by atoms with Gasteiger partial charge in [-0.05, 0) is 6.07 Å². The van der Waals surface area contributed by atoms with Crippen LogP contribution >= 0.6 is 0 Å². The molecule has 0 amide bonds. The van der Waals surface area contributed by atoms with Crippen LogP contribution < -0.4 is 0 Å². The van der Waals surface area contributed by atoms with Crippen molar-refractivity contribution in [1.82, 2.24) is 14.8 Å². The number of fused-ring (bicyclic) bond motifs is 3. The van der Waals surface area contributed by atoms with Gasteiger partial charge in [-0.2, -0.15) is 10.1 Å². The Labute approximate surface area is 68.8 Å². The largest absolute Gasteiger partial charge is 0.443 e. The molecule has 0 N–H and O–H groups in total. The minimum absolute atomic E-state index is 0.709. The predicted molar refractivity (Wildman–Crippen MR) is 41.2 cm³/mol. The maximum atomic E-state index is 5.39. The Kier molecular flexibility index (Phi) is 0.885. The van der Waals surface area contributed by atoms with E-state index in [2.05, 4.69) is 10.1 Å². The predicted octanol–water partition coefficient (Wildman–Crippen LogP) is 1.07. The van der Waals surface area contributed by atoms with Crippen molar-refractivity contribution in [2.24, 2.45) is 0 Å². The lowest BCUT2D eigenvalue weighted by Crippen LogP contribution is -1.94. The Hall–Kier alpha value is -1.58. The molecule has 1 aliphatic rings. The van der Waals surface area contributed by atoms with E-state index in [4.69, 9.17) is 4.42 Å². The lowest BCUT2D eigenvalue weighted by molar-refractivity contribution is 0.486. The van der Waals surface area contributed by atoms with E-state index in [9.17, 15) is 0 Å². The van der Waals surface area contributed by atoms with Crippen LogP contribution in [0.25, 0.3) is 5.82 Å². The van der Waals surface area contributed by atoms with Crippen LogP contribution in [0, 0.1) is 6.92 Å². The summed E-state index contributed by atoms with van der Waals surface area (Å²) in [6.07, 6.45) is 2.60. The second-order valence-electron chi connectivity index (χ2n) is 2.89. The summed E-state index contributed by atoms with van der Waals surface area (Å²) in [7, 11) is 0. The van der Waals surface area contributed by atoms with Gasteiger partial charge >= 0.3 is 0 Å². The van der Waals surface area contributed by atoms with Crippen LogP contribution in [0.4, 0.5) is 0 Å². The van der Waals surface area contributed by atoms with Crippen molar-refractivity contribution < 1.29 is 4.42 Å². The summed E-state index contributed by atoms with van der Waals surface area (Å²) in [6.45, 7) is 1.85. The van der Waals surface area contributed by atoms with Crippen LogP contribution in [0.5, 0.6) is 0 Å². The molecule has 0 radical (unpaired) electrons. The first-order chi connectivity index (χ1) is 5.84. The molecule has 0 aliphatic carbocycles. The fraction of sp³-hybridized carbons (Fsp3) is 0.250. The van der Waals surface area contributed by atoms with Crippen molar-refractivity contribution >= 4 is 0 Å². The van der Waals surface area contributed by atoms with Crippen molar-refractivity contribution in [3.8, 4) is 5.82 Å². The molecular formula is C8H7N3O. The summed E-state index contributed by atoms with van der Waals surface area (Å²) >= 11 is 0. The molecule has 0 atom stereocenters. The van der Waals surface area contributed by atoms with Crippen LogP contribution in [-0.2, 0) is 6.42 Å². The third-order valence-corrected chi connectivity index (χ3v) is 2.05. The topological polar surface area (TPSA) is 43.9 Å². The van der Waals surface area contributed by atoms with Gasteiger partial charge in [-0.15, -0.1) is 0 Å². The molecule has 0 saturated heterocycles. The molecule has 2 aromatic rings. The Morgan fingerprint density at radius 3 is 3.42 bits per heavy atom. The Morgan fingerprint density at radius 2 is 2.50 bits per heavy atom. The quantitative estimate of drug-likeness (QED) is 0.495. The number of hydrogen-bond donors (Lipinski definition) is 0.